The fourth-order valence-corrected chi connectivity index (χ4v) is 1.46. The molecule has 92 valence electrons. The first-order valence-corrected chi connectivity index (χ1v) is 5.01. The molecule has 0 amide bonds. The molecule has 0 aliphatic rings. The van der Waals surface area contributed by atoms with Crippen LogP contribution in [0.25, 0.3) is 6.08 Å². The summed E-state index contributed by atoms with van der Waals surface area (Å²) in [4.78, 5) is 10.3. The first-order valence-electron chi connectivity index (χ1n) is 4.25. The van der Waals surface area contributed by atoms with Crippen LogP contribution in [0.5, 0.6) is 5.75 Å². The first kappa shape index (κ1) is 13.7. The van der Waals surface area contributed by atoms with E-state index in [2.05, 4.69) is 4.74 Å². The molecule has 0 unspecified atom stereocenters. The average Bonchev–Trinajstić information content (AvgIpc) is 2.23. The van der Waals surface area contributed by atoms with Gasteiger partial charge in [-0.15, -0.1) is 0 Å². The molecular weight excluding hydrogens is 277 g/mol. The largest absolute Gasteiger partial charge is 0.478 e. The Hall–Kier alpha value is -1.33. The van der Waals surface area contributed by atoms with Crippen molar-refractivity contribution in [3.63, 3.8) is 0 Å². The number of hydrogen-bond donors (Lipinski definition) is 1. The van der Waals surface area contributed by atoms with Gasteiger partial charge in [0.05, 0.1) is 5.02 Å². The lowest BCUT2D eigenvalue weighted by atomic mass is 10.2. The quantitative estimate of drug-likeness (QED) is 0.857. The van der Waals surface area contributed by atoms with Crippen molar-refractivity contribution in [2.24, 2.45) is 0 Å². The summed E-state index contributed by atoms with van der Waals surface area (Å²) in [7, 11) is 0. The Morgan fingerprint density at radius 3 is 2.53 bits per heavy atom. The normalized spacial score (nSPS) is 11.1. The third-order valence-corrected chi connectivity index (χ3v) is 2.58. The van der Waals surface area contributed by atoms with Crippen LogP contribution in [-0.2, 0) is 4.79 Å². The molecule has 1 aromatic carbocycles. The van der Waals surface area contributed by atoms with Gasteiger partial charge in [0.15, 0.2) is 0 Å². The van der Waals surface area contributed by atoms with Crippen LogP contribution in [-0.4, -0.2) is 17.7 Å². The molecule has 3 nitrogen and oxygen atoms in total. The molecule has 1 N–H and O–H groups in total. The van der Waals surface area contributed by atoms with E-state index in [0.717, 1.165) is 6.08 Å². The zero-order valence-electron chi connectivity index (χ0n) is 8.16. The number of carboxylic acids is 1. The lowest BCUT2D eigenvalue weighted by molar-refractivity contribution is -0.131. The summed E-state index contributed by atoms with van der Waals surface area (Å²) in [5, 5.41) is 8.17. The average molecular weight is 283 g/mol. The number of alkyl halides is 2. The fourth-order valence-electron chi connectivity index (χ4n) is 1.02. The summed E-state index contributed by atoms with van der Waals surface area (Å²) in [6, 6.07) is 2.51. The second-order valence-corrected chi connectivity index (χ2v) is 3.59. The van der Waals surface area contributed by atoms with Crippen LogP contribution >= 0.6 is 23.2 Å². The van der Waals surface area contributed by atoms with Crippen molar-refractivity contribution in [3.8, 4) is 5.75 Å². The SMILES string of the molecule is O=C(O)C=Cc1ccc(OC(F)F)c(Cl)c1Cl. The highest BCUT2D eigenvalue weighted by molar-refractivity contribution is 6.43. The molecule has 0 bridgehead atoms. The maximum Gasteiger partial charge on any atom is 0.387 e. The lowest BCUT2D eigenvalue weighted by Gasteiger charge is -2.09. The van der Waals surface area contributed by atoms with Gasteiger partial charge in [-0.2, -0.15) is 8.78 Å². The number of carbonyl (C=O) groups is 1. The van der Waals surface area contributed by atoms with Gasteiger partial charge in [0.1, 0.15) is 10.8 Å². The molecule has 0 aliphatic heterocycles. The number of halogens is 4. The maximum absolute atomic E-state index is 12.0. The van der Waals surface area contributed by atoms with Crippen molar-refractivity contribution in [2.75, 3.05) is 0 Å². The van der Waals surface area contributed by atoms with E-state index in [1.165, 1.54) is 18.2 Å². The van der Waals surface area contributed by atoms with Crippen molar-refractivity contribution >= 4 is 35.2 Å². The fraction of sp³-hybridized carbons (Fsp3) is 0.100. The summed E-state index contributed by atoms with van der Waals surface area (Å²) in [5.41, 5.74) is 0.292. The van der Waals surface area contributed by atoms with E-state index in [1.807, 2.05) is 0 Å². The molecule has 0 aromatic heterocycles. The number of hydrogen-bond acceptors (Lipinski definition) is 2. The Bertz CT molecular complexity index is 461. The third-order valence-electron chi connectivity index (χ3n) is 1.70. The molecular formula is C10H6Cl2F2O3. The molecule has 1 aromatic rings. The molecule has 1 rings (SSSR count). The van der Waals surface area contributed by atoms with E-state index < -0.39 is 12.6 Å². The number of rotatable bonds is 4. The molecule has 0 saturated carbocycles. The van der Waals surface area contributed by atoms with Crippen molar-refractivity contribution in [1.29, 1.82) is 0 Å². The van der Waals surface area contributed by atoms with E-state index in [0.29, 0.717) is 5.56 Å². The molecule has 0 radical (unpaired) electrons. The first-order chi connectivity index (χ1) is 7.91. The van der Waals surface area contributed by atoms with Crippen LogP contribution in [0.3, 0.4) is 0 Å². The van der Waals surface area contributed by atoms with Gasteiger partial charge in [0.2, 0.25) is 0 Å². The van der Waals surface area contributed by atoms with Gasteiger partial charge in [-0.25, -0.2) is 4.79 Å². The van der Waals surface area contributed by atoms with Crippen molar-refractivity contribution < 1.29 is 23.4 Å². The highest BCUT2D eigenvalue weighted by Crippen LogP contribution is 2.35. The molecule has 0 aliphatic carbocycles. The third kappa shape index (κ3) is 3.87. The van der Waals surface area contributed by atoms with Crippen LogP contribution in [0.1, 0.15) is 5.56 Å². The summed E-state index contributed by atoms with van der Waals surface area (Å²) in [6.45, 7) is -3.01. The van der Waals surface area contributed by atoms with E-state index in [4.69, 9.17) is 28.3 Å². The van der Waals surface area contributed by atoms with E-state index >= 15 is 0 Å². The van der Waals surface area contributed by atoms with Gasteiger partial charge in [-0.3, -0.25) is 0 Å². The Morgan fingerprint density at radius 2 is 2.00 bits per heavy atom. The number of carboxylic acid groups (broad SMARTS) is 1. The van der Waals surface area contributed by atoms with Gasteiger partial charge < -0.3 is 9.84 Å². The van der Waals surface area contributed by atoms with Crippen molar-refractivity contribution in [1.82, 2.24) is 0 Å². The molecule has 0 saturated heterocycles. The molecule has 0 spiro atoms. The minimum Gasteiger partial charge on any atom is -0.478 e. The van der Waals surface area contributed by atoms with Crippen LogP contribution in [0.15, 0.2) is 18.2 Å². The molecule has 7 heteroatoms. The van der Waals surface area contributed by atoms with Gasteiger partial charge in [0.25, 0.3) is 0 Å². The number of aliphatic carboxylic acids is 1. The smallest absolute Gasteiger partial charge is 0.387 e. The monoisotopic (exact) mass is 282 g/mol. The van der Waals surface area contributed by atoms with Gasteiger partial charge in [-0.05, 0) is 23.8 Å². The summed E-state index contributed by atoms with van der Waals surface area (Å²) < 4.78 is 28.1. The minimum absolute atomic E-state index is 0.0534. The second kappa shape index (κ2) is 5.84. The van der Waals surface area contributed by atoms with Crippen LogP contribution in [0.4, 0.5) is 8.78 Å². The van der Waals surface area contributed by atoms with E-state index in [9.17, 15) is 13.6 Å². The maximum atomic E-state index is 12.0. The summed E-state index contributed by atoms with van der Waals surface area (Å²) >= 11 is 11.5. The highest BCUT2D eigenvalue weighted by Gasteiger charge is 2.13. The molecule has 0 fully saturated rings. The molecule has 17 heavy (non-hydrogen) atoms. The zero-order chi connectivity index (χ0) is 13.0. The van der Waals surface area contributed by atoms with Gasteiger partial charge in [0, 0.05) is 6.08 Å². The van der Waals surface area contributed by atoms with Crippen molar-refractivity contribution in [3.05, 3.63) is 33.8 Å². The van der Waals surface area contributed by atoms with Crippen LogP contribution in [0.2, 0.25) is 10.0 Å². The lowest BCUT2D eigenvalue weighted by Crippen LogP contribution is -2.02. The summed E-state index contributed by atoms with van der Waals surface area (Å²) in [6.07, 6.45) is 2.05. The van der Waals surface area contributed by atoms with Crippen LogP contribution in [0, 0.1) is 0 Å². The Labute approximate surface area is 105 Å². The number of benzene rings is 1. The van der Waals surface area contributed by atoms with E-state index in [1.54, 1.807) is 0 Å². The predicted molar refractivity (Wildman–Crippen MR) is 59.8 cm³/mol. The van der Waals surface area contributed by atoms with Gasteiger partial charge >= 0.3 is 12.6 Å². The zero-order valence-corrected chi connectivity index (χ0v) is 9.67. The standard InChI is InChI=1S/C10H6Cl2F2O3/c11-8-5(2-4-7(15)16)1-3-6(9(8)12)17-10(13)14/h1-4,10H,(H,15,16). The predicted octanol–water partition coefficient (Wildman–Crippen LogP) is 3.69. The Balaban J connectivity index is 3.06. The van der Waals surface area contributed by atoms with Crippen LogP contribution < -0.4 is 4.74 Å². The highest BCUT2D eigenvalue weighted by atomic mass is 35.5. The Kier molecular flexibility index (Phi) is 4.72. The van der Waals surface area contributed by atoms with Crippen molar-refractivity contribution in [2.45, 2.75) is 6.61 Å². The second-order valence-electron chi connectivity index (χ2n) is 2.83. The summed E-state index contributed by atoms with van der Waals surface area (Å²) in [5.74, 6) is -1.43. The Morgan fingerprint density at radius 1 is 1.35 bits per heavy atom. The topological polar surface area (TPSA) is 46.5 Å². The minimum atomic E-state index is -3.01. The van der Waals surface area contributed by atoms with E-state index in [-0.39, 0.29) is 15.8 Å². The van der Waals surface area contributed by atoms with Gasteiger partial charge in [-0.1, -0.05) is 23.2 Å². The number of ether oxygens (including phenoxy) is 1. The molecule has 0 heterocycles. The molecule has 0 atom stereocenters.